The lowest BCUT2D eigenvalue weighted by Gasteiger charge is -2.23. The van der Waals surface area contributed by atoms with E-state index < -0.39 is 5.92 Å². The molecule has 11 nitrogen and oxygen atoms in total. The van der Waals surface area contributed by atoms with Crippen LogP contribution >= 0.6 is 0 Å². The average molecular weight is 468 g/mol. The number of amides is 2. The molecule has 2 aliphatic rings. The molecule has 0 spiro atoms. The number of benzene rings is 1. The minimum absolute atomic E-state index is 0.0183. The molecule has 2 amide bonds. The second-order valence-corrected chi connectivity index (χ2v) is 8.34. The molecule has 0 saturated heterocycles. The number of nitrogens with one attached hydrogen (secondary N) is 2. The number of carbonyl (C=O) groups excluding carboxylic acids is 2. The highest BCUT2D eigenvalue weighted by atomic mass is 16.5. The Morgan fingerprint density at radius 1 is 1.06 bits per heavy atom. The smallest absolute Gasteiger partial charge is 0.238 e. The van der Waals surface area contributed by atoms with Crippen LogP contribution in [0.5, 0.6) is 11.5 Å². The van der Waals surface area contributed by atoms with Crippen LogP contribution in [0.25, 0.3) is 0 Å². The molecule has 2 bridgehead atoms. The summed E-state index contributed by atoms with van der Waals surface area (Å²) in [5.41, 5.74) is 2.07. The molecule has 4 rings (SSSR count). The van der Waals surface area contributed by atoms with E-state index >= 15 is 0 Å². The van der Waals surface area contributed by atoms with Crippen molar-refractivity contribution in [3.05, 3.63) is 29.6 Å². The summed E-state index contributed by atoms with van der Waals surface area (Å²) in [6.45, 7) is 1.88. The number of nitrogens with zero attached hydrogens (tertiary/aromatic N) is 5. The van der Waals surface area contributed by atoms with E-state index in [1.165, 1.54) is 6.33 Å². The Bertz CT molecular complexity index is 1120. The minimum atomic E-state index is -0.641. The van der Waals surface area contributed by atoms with Gasteiger partial charge in [-0.15, -0.1) is 0 Å². The van der Waals surface area contributed by atoms with Crippen LogP contribution in [-0.2, 0) is 16.1 Å². The van der Waals surface area contributed by atoms with Gasteiger partial charge in [-0.2, -0.15) is 0 Å². The van der Waals surface area contributed by atoms with Gasteiger partial charge in [-0.25, -0.2) is 9.97 Å². The number of aliphatic imine (C=N–C) groups is 1. The second kappa shape index (κ2) is 10.0. The van der Waals surface area contributed by atoms with Crippen LogP contribution in [0.1, 0.15) is 23.5 Å². The van der Waals surface area contributed by atoms with Crippen LogP contribution in [0.2, 0.25) is 0 Å². The van der Waals surface area contributed by atoms with E-state index in [1.54, 1.807) is 38.4 Å². The molecule has 0 fully saturated rings. The lowest BCUT2D eigenvalue weighted by atomic mass is 10.0. The Labute approximate surface area is 198 Å². The normalized spacial score (nSPS) is 19.2. The summed E-state index contributed by atoms with van der Waals surface area (Å²) in [5.74, 6) is 1.30. The Kier molecular flexibility index (Phi) is 6.92. The van der Waals surface area contributed by atoms with Crippen molar-refractivity contribution in [3.8, 4) is 11.5 Å². The first-order valence-corrected chi connectivity index (χ1v) is 11.0. The number of ether oxygens (including phenoxy) is 2. The lowest BCUT2D eigenvalue weighted by molar-refractivity contribution is -0.131. The van der Waals surface area contributed by atoms with Gasteiger partial charge in [-0.1, -0.05) is 0 Å². The van der Waals surface area contributed by atoms with Crippen LogP contribution in [0.4, 0.5) is 17.3 Å². The quantitative estimate of drug-likeness (QED) is 0.684. The molecule has 0 radical (unpaired) electrons. The fourth-order valence-electron chi connectivity index (χ4n) is 4.12. The SMILES string of the molecule is COc1cc2cc(c1OC)CN(C)CC(=O)N(C)CCCNc1ncnc3c1C(C=N2)C(=O)N3. The summed E-state index contributed by atoms with van der Waals surface area (Å²) < 4.78 is 11.1. The van der Waals surface area contributed by atoms with E-state index in [9.17, 15) is 9.59 Å². The van der Waals surface area contributed by atoms with Gasteiger partial charge in [0.05, 0.1) is 32.0 Å². The molecule has 2 aromatic rings. The highest BCUT2D eigenvalue weighted by molar-refractivity contribution is 6.13. The molecule has 1 aromatic carbocycles. The molecule has 34 heavy (non-hydrogen) atoms. The van der Waals surface area contributed by atoms with Gasteiger partial charge in [-0.3, -0.25) is 19.5 Å². The first-order valence-electron chi connectivity index (χ1n) is 11.0. The van der Waals surface area contributed by atoms with Crippen LogP contribution in [-0.4, -0.2) is 85.7 Å². The van der Waals surface area contributed by atoms with Gasteiger partial charge in [0.2, 0.25) is 11.8 Å². The third-order valence-electron chi connectivity index (χ3n) is 5.87. The Morgan fingerprint density at radius 3 is 2.62 bits per heavy atom. The van der Waals surface area contributed by atoms with Gasteiger partial charge in [-0.05, 0) is 19.5 Å². The molecular formula is C23H29N7O4. The summed E-state index contributed by atoms with van der Waals surface area (Å²) in [6, 6.07) is 3.62. The largest absolute Gasteiger partial charge is 0.493 e. The van der Waals surface area contributed by atoms with E-state index in [0.717, 1.165) is 12.0 Å². The fourth-order valence-corrected chi connectivity index (χ4v) is 4.12. The first-order chi connectivity index (χ1) is 16.4. The average Bonchev–Trinajstić information content (AvgIpc) is 3.14. The molecule has 2 N–H and O–H groups in total. The summed E-state index contributed by atoms with van der Waals surface area (Å²) in [6.07, 6.45) is 3.73. The molecule has 0 aliphatic carbocycles. The first kappa shape index (κ1) is 23.4. The van der Waals surface area contributed by atoms with Gasteiger partial charge in [0.1, 0.15) is 23.9 Å². The molecule has 0 saturated carbocycles. The topological polar surface area (TPSA) is 121 Å². The van der Waals surface area contributed by atoms with E-state index in [0.29, 0.717) is 54.0 Å². The Balaban J connectivity index is 1.77. The summed E-state index contributed by atoms with van der Waals surface area (Å²) in [4.78, 5) is 42.2. The van der Waals surface area contributed by atoms with Crippen molar-refractivity contribution in [1.82, 2.24) is 19.8 Å². The predicted octanol–water partition coefficient (Wildman–Crippen LogP) is 1.64. The second-order valence-electron chi connectivity index (χ2n) is 8.34. The van der Waals surface area contributed by atoms with Crippen LogP contribution in [0, 0.1) is 0 Å². The van der Waals surface area contributed by atoms with Crippen molar-refractivity contribution < 1.29 is 19.1 Å². The number of fused-ring (bicyclic) bond motifs is 2. The highest BCUT2D eigenvalue weighted by Crippen LogP contribution is 2.38. The van der Waals surface area contributed by atoms with Crippen molar-refractivity contribution in [3.63, 3.8) is 0 Å². The summed E-state index contributed by atoms with van der Waals surface area (Å²) >= 11 is 0. The number of hydrogen-bond acceptors (Lipinski definition) is 9. The van der Waals surface area contributed by atoms with E-state index in [1.807, 2.05) is 18.0 Å². The van der Waals surface area contributed by atoms with Crippen LogP contribution in [0.15, 0.2) is 23.5 Å². The number of anilines is 2. The number of rotatable bonds is 2. The fraction of sp³-hybridized carbons (Fsp3) is 0.435. The zero-order chi connectivity index (χ0) is 24.2. The van der Waals surface area contributed by atoms with Crippen molar-refractivity contribution in [2.24, 2.45) is 4.99 Å². The maximum atomic E-state index is 12.7. The number of aromatic nitrogens is 2. The van der Waals surface area contributed by atoms with Crippen LogP contribution < -0.4 is 20.1 Å². The standard InChI is InChI=1S/C23H29N7O4/c1-29-11-14-8-15(9-17(33-3)20(14)34-4)25-10-16-19-21(26-13-27-22(19)28-23(16)32)24-6-5-7-30(2)18(31)12-29/h8-10,13,16H,5-7,11-12H2,1-4H3,(H2,24,26,27,28,32). The molecular weight excluding hydrogens is 438 g/mol. The molecule has 180 valence electrons. The van der Waals surface area contributed by atoms with Crippen molar-refractivity contribution >= 4 is 35.4 Å². The molecule has 1 atom stereocenters. The third kappa shape index (κ3) is 4.79. The number of likely N-dealkylation sites (N-methyl/N-ethyl adjacent to an activating group) is 2. The zero-order valence-corrected chi connectivity index (χ0v) is 19.8. The van der Waals surface area contributed by atoms with Crippen molar-refractivity contribution in [2.45, 2.75) is 18.9 Å². The lowest BCUT2D eigenvalue weighted by Crippen LogP contribution is -2.37. The summed E-state index contributed by atoms with van der Waals surface area (Å²) in [5, 5.41) is 6.08. The number of hydrogen-bond donors (Lipinski definition) is 2. The van der Waals surface area contributed by atoms with Crippen LogP contribution in [0.3, 0.4) is 0 Å². The van der Waals surface area contributed by atoms with Gasteiger partial charge in [0.25, 0.3) is 0 Å². The van der Waals surface area contributed by atoms with E-state index in [-0.39, 0.29) is 18.4 Å². The third-order valence-corrected chi connectivity index (χ3v) is 5.87. The molecule has 11 heteroatoms. The maximum absolute atomic E-state index is 12.7. The highest BCUT2D eigenvalue weighted by Gasteiger charge is 2.34. The van der Waals surface area contributed by atoms with Gasteiger partial charge < -0.3 is 25.0 Å². The number of methoxy groups -OCH3 is 2. The molecule has 1 aromatic heterocycles. The van der Waals surface area contributed by atoms with Gasteiger partial charge in [0.15, 0.2) is 11.5 Å². The van der Waals surface area contributed by atoms with E-state index in [2.05, 4.69) is 25.6 Å². The van der Waals surface area contributed by atoms with Gasteiger partial charge in [0, 0.05) is 44.5 Å². The van der Waals surface area contributed by atoms with Crippen molar-refractivity contribution in [2.75, 3.05) is 58.6 Å². The number of carbonyl (C=O) groups is 2. The maximum Gasteiger partial charge on any atom is 0.238 e. The Morgan fingerprint density at radius 2 is 1.85 bits per heavy atom. The predicted molar refractivity (Wildman–Crippen MR) is 128 cm³/mol. The Hall–Kier alpha value is -3.73. The zero-order valence-electron chi connectivity index (χ0n) is 19.8. The monoisotopic (exact) mass is 467 g/mol. The van der Waals surface area contributed by atoms with Gasteiger partial charge >= 0.3 is 0 Å². The summed E-state index contributed by atoms with van der Waals surface area (Å²) in [7, 11) is 6.81. The minimum Gasteiger partial charge on any atom is -0.493 e. The van der Waals surface area contributed by atoms with Crippen molar-refractivity contribution in [1.29, 1.82) is 0 Å². The molecule has 2 aliphatic heterocycles. The van der Waals surface area contributed by atoms with E-state index in [4.69, 9.17) is 9.47 Å². The molecule has 3 heterocycles. The molecule has 1 unspecified atom stereocenters.